The topological polar surface area (TPSA) is 111 Å². The lowest BCUT2D eigenvalue weighted by Crippen LogP contribution is -2.58. The van der Waals surface area contributed by atoms with Crippen LogP contribution in [0.4, 0.5) is 4.79 Å². The van der Waals surface area contributed by atoms with Gasteiger partial charge in [0, 0.05) is 7.05 Å². The molecule has 8 nitrogen and oxygen atoms in total. The van der Waals surface area contributed by atoms with E-state index in [1.54, 1.807) is 0 Å². The molecule has 3 N–H and O–H groups in total. The van der Waals surface area contributed by atoms with Crippen LogP contribution < -0.4 is 0 Å². The number of hydrogen-bond acceptors (Lipinski definition) is 6. The summed E-state index contributed by atoms with van der Waals surface area (Å²) in [6.45, 7) is -0.521. The Hall–Kier alpha value is -0.640. The number of halogens is 2. The highest BCUT2D eigenvalue weighted by Gasteiger charge is 2.76. The van der Waals surface area contributed by atoms with E-state index in [0.717, 1.165) is 9.80 Å². The molecule has 0 radical (unpaired) electrons. The van der Waals surface area contributed by atoms with Crippen LogP contribution in [0.1, 0.15) is 0 Å². The number of hydrogen-bond donors (Lipinski definition) is 3. The van der Waals surface area contributed by atoms with Crippen molar-refractivity contribution >= 4 is 35.1 Å². The van der Waals surface area contributed by atoms with Gasteiger partial charge in [-0.3, -0.25) is 14.6 Å². The lowest BCUT2D eigenvalue weighted by Gasteiger charge is -2.36. The fourth-order valence-electron chi connectivity index (χ4n) is 2.93. The van der Waals surface area contributed by atoms with Crippen molar-refractivity contribution in [1.82, 2.24) is 9.80 Å². The second-order valence-corrected chi connectivity index (χ2v) is 6.86. The molecule has 118 valence electrons. The van der Waals surface area contributed by atoms with Crippen molar-refractivity contribution in [3.05, 3.63) is 0 Å². The number of rotatable bonds is 2. The molecule has 10 heteroatoms. The molecule has 2 saturated heterocycles. The van der Waals surface area contributed by atoms with Crippen LogP contribution in [0.15, 0.2) is 0 Å². The van der Waals surface area contributed by atoms with Crippen LogP contribution in [0.25, 0.3) is 0 Å². The van der Waals surface area contributed by atoms with Crippen LogP contribution in [0.5, 0.6) is 0 Å². The molecule has 1 saturated carbocycles. The lowest BCUT2D eigenvalue weighted by molar-refractivity contribution is -0.136. The first-order valence-electron chi connectivity index (χ1n) is 6.33. The number of carbonyl (C=O) groups excluding carboxylic acids is 2. The van der Waals surface area contributed by atoms with Crippen LogP contribution in [0, 0.1) is 5.92 Å². The van der Waals surface area contributed by atoms with Gasteiger partial charge in [0.2, 0.25) is 5.91 Å². The summed E-state index contributed by atoms with van der Waals surface area (Å²) >= 11 is 12.1. The van der Waals surface area contributed by atoms with Gasteiger partial charge in [0.05, 0.1) is 18.6 Å². The van der Waals surface area contributed by atoms with Crippen LogP contribution >= 0.6 is 23.2 Å². The molecule has 3 fully saturated rings. The van der Waals surface area contributed by atoms with E-state index in [1.165, 1.54) is 7.05 Å². The Morgan fingerprint density at radius 2 is 1.90 bits per heavy atom. The van der Waals surface area contributed by atoms with Crippen LogP contribution in [-0.2, 0) is 9.53 Å². The van der Waals surface area contributed by atoms with Gasteiger partial charge in [0.25, 0.3) is 0 Å². The summed E-state index contributed by atoms with van der Waals surface area (Å²) in [5, 5.41) is 28.9. The maximum Gasteiger partial charge on any atom is 0.328 e. The summed E-state index contributed by atoms with van der Waals surface area (Å²) in [6, 6.07) is -1.56. The molecule has 3 rings (SSSR count). The predicted octanol–water partition coefficient (Wildman–Crippen LogP) is -1.51. The van der Waals surface area contributed by atoms with Crippen molar-refractivity contribution in [1.29, 1.82) is 0 Å². The quantitative estimate of drug-likeness (QED) is 0.527. The summed E-state index contributed by atoms with van der Waals surface area (Å²) in [7, 11) is 1.28. The Balaban J connectivity index is 1.91. The number of urea groups is 1. The molecule has 2 heterocycles. The molecular weight excluding hydrogens is 327 g/mol. The van der Waals surface area contributed by atoms with Gasteiger partial charge in [-0.05, 0) is 0 Å². The zero-order valence-electron chi connectivity index (χ0n) is 10.9. The lowest BCUT2D eigenvalue weighted by atomic mass is 10.1. The minimum absolute atomic E-state index is 0.502. The van der Waals surface area contributed by atoms with E-state index in [1.807, 2.05) is 0 Å². The molecule has 0 spiro atoms. The van der Waals surface area contributed by atoms with Gasteiger partial charge in [-0.1, -0.05) is 23.2 Å². The third-order valence-electron chi connectivity index (χ3n) is 4.21. The molecule has 3 amide bonds. The first-order chi connectivity index (χ1) is 9.73. The third kappa shape index (κ3) is 1.90. The second kappa shape index (κ2) is 4.68. The molecule has 6 atom stereocenters. The third-order valence-corrected chi connectivity index (χ3v) is 5.13. The monoisotopic (exact) mass is 340 g/mol. The number of fused-ring (bicyclic) bond motifs is 1. The zero-order chi connectivity index (χ0) is 15.7. The maximum atomic E-state index is 12.3. The maximum absolute atomic E-state index is 12.3. The van der Waals surface area contributed by atoms with E-state index in [0.29, 0.717) is 0 Å². The average molecular weight is 341 g/mol. The number of aliphatic hydroxyl groups is 3. The number of imide groups is 1. The molecule has 0 bridgehead atoms. The minimum atomic E-state index is -1.46. The molecule has 3 aliphatic rings. The Morgan fingerprint density at radius 3 is 2.43 bits per heavy atom. The second-order valence-electron chi connectivity index (χ2n) is 5.41. The molecule has 6 unspecified atom stereocenters. The Labute approximate surface area is 129 Å². The summed E-state index contributed by atoms with van der Waals surface area (Å²) in [5.74, 6) is -1.30. The van der Waals surface area contributed by atoms with Crippen molar-refractivity contribution in [3.63, 3.8) is 0 Å². The van der Waals surface area contributed by atoms with Gasteiger partial charge >= 0.3 is 6.03 Å². The molecular formula is C11H14Cl2N2O6. The van der Waals surface area contributed by atoms with Crippen molar-refractivity contribution in [2.24, 2.45) is 5.92 Å². The first kappa shape index (κ1) is 15.3. The van der Waals surface area contributed by atoms with Crippen LogP contribution in [0.3, 0.4) is 0 Å². The number of carbonyl (C=O) groups is 2. The van der Waals surface area contributed by atoms with E-state index in [9.17, 15) is 19.8 Å². The first-order valence-corrected chi connectivity index (χ1v) is 7.09. The molecule has 0 aromatic carbocycles. The summed E-state index contributed by atoms with van der Waals surface area (Å²) < 4.78 is 3.86. The average Bonchev–Trinajstić information content (AvgIpc) is 2.88. The van der Waals surface area contributed by atoms with Gasteiger partial charge in [0.15, 0.2) is 10.6 Å². The van der Waals surface area contributed by atoms with Crippen molar-refractivity contribution in [2.75, 3.05) is 13.7 Å². The smallest absolute Gasteiger partial charge is 0.328 e. The van der Waals surface area contributed by atoms with E-state index in [2.05, 4.69) is 0 Å². The number of nitrogens with zero attached hydrogens (tertiary/aromatic N) is 2. The van der Waals surface area contributed by atoms with Crippen molar-refractivity contribution < 1.29 is 29.6 Å². The standard InChI is InChI=1S/C11H14Cl2N2O6/c1-14-8(19)4-7(11(4,12)13)15(10(14)20)9-6(18)5(17)3(2-16)21-9/h3-7,9,16-18H,2H2,1H3. The molecule has 1 aliphatic carbocycles. The van der Waals surface area contributed by atoms with Crippen molar-refractivity contribution in [3.8, 4) is 0 Å². The largest absolute Gasteiger partial charge is 0.394 e. The minimum Gasteiger partial charge on any atom is -0.394 e. The highest BCUT2D eigenvalue weighted by Crippen LogP contribution is 2.60. The highest BCUT2D eigenvalue weighted by molar-refractivity contribution is 6.54. The van der Waals surface area contributed by atoms with Gasteiger partial charge in [-0.25, -0.2) is 4.79 Å². The Bertz CT molecular complexity index is 503. The number of ether oxygens (including phenoxy) is 1. The molecule has 0 aromatic heterocycles. The summed E-state index contributed by atoms with van der Waals surface area (Å²) in [5.41, 5.74) is 0. The zero-order valence-corrected chi connectivity index (χ0v) is 12.4. The highest BCUT2D eigenvalue weighted by atomic mass is 35.5. The number of amides is 3. The Morgan fingerprint density at radius 1 is 1.29 bits per heavy atom. The number of alkyl halides is 2. The summed E-state index contributed by atoms with van der Waals surface area (Å²) in [4.78, 5) is 26.1. The number of aliphatic hydroxyl groups excluding tert-OH is 3. The molecule has 0 aromatic rings. The molecule has 21 heavy (non-hydrogen) atoms. The van der Waals surface area contributed by atoms with E-state index >= 15 is 0 Å². The molecule has 2 aliphatic heterocycles. The van der Waals surface area contributed by atoms with Gasteiger partial charge in [-0.2, -0.15) is 0 Å². The Kier molecular flexibility index (Phi) is 3.40. The van der Waals surface area contributed by atoms with Gasteiger partial charge in [0.1, 0.15) is 18.3 Å². The summed E-state index contributed by atoms with van der Waals surface area (Å²) in [6.07, 6.45) is -5.05. The fraction of sp³-hybridized carbons (Fsp3) is 0.818. The van der Waals surface area contributed by atoms with Gasteiger partial charge < -0.3 is 20.1 Å². The normalized spacial score (nSPS) is 45.0. The van der Waals surface area contributed by atoms with E-state index < -0.39 is 59.4 Å². The van der Waals surface area contributed by atoms with E-state index in [-0.39, 0.29) is 0 Å². The van der Waals surface area contributed by atoms with Crippen molar-refractivity contribution in [2.45, 2.75) is 34.9 Å². The fourth-order valence-corrected chi connectivity index (χ4v) is 3.69. The van der Waals surface area contributed by atoms with E-state index in [4.69, 9.17) is 33.0 Å². The predicted molar refractivity (Wildman–Crippen MR) is 69.5 cm³/mol. The van der Waals surface area contributed by atoms with Crippen LogP contribution in [0.2, 0.25) is 0 Å². The van der Waals surface area contributed by atoms with Gasteiger partial charge in [-0.15, -0.1) is 0 Å². The SMILES string of the molecule is CN1C(=O)C2C(N(C3OC(CO)C(O)C3O)C1=O)C2(Cl)Cl. The van der Waals surface area contributed by atoms with Crippen LogP contribution in [-0.4, -0.2) is 85.6 Å².